The minimum atomic E-state index is -0.638. The Balaban J connectivity index is 1.95. The SMILES string of the molecule is O=C(O)C(Cc1ccccc1)CC1CCCC1. The number of carboxylic acid groups (broad SMARTS) is 1. The molecule has 0 aromatic heterocycles. The molecule has 17 heavy (non-hydrogen) atoms. The Hall–Kier alpha value is -1.31. The number of rotatable bonds is 5. The number of benzene rings is 1. The Morgan fingerprint density at radius 1 is 1.24 bits per heavy atom. The van der Waals surface area contributed by atoms with Gasteiger partial charge in [0.1, 0.15) is 0 Å². The summed E-state index contributed by atoms with van der Waals surface area (Å²) in [5.74, 6) is -0.207. The molecule has 0 radical (unpaired) electrons. The van der Waals surface area contributed by atoms with Gasteiger partial charge in [-0.3, -0.25) is 4.79 Å². The van der Waals surface area contributed by atoms with Crippen molar-refractivity contribution in [3.8, 4) is 0 Å². The quantitative estimate of drug-likeness (QED) is 0.843. The van der Waals surface area contributed by atoms with E-state index in [2.05, 4.69) is 0 Å². The van der Waals surface area contributed by atoms with Gasteiger partial charge >= 0.3 is 5.97 Å². The van der Waals surface area contributed by atoms with Crippen molar-refractivity contribution in [2.75, 3.05) is 0 Å². The first-order valence-electron chi connectivity index (χ1n) is 6.52. The molecule has 92 valence electrons. The molecular formula is C15H20O2. The van der Waals surface area contributed by atoms with Gasteiger partial charge in [0.25, 0.3) is 0 Å². The van der Waals surface area contributed by atoms with Crippen LogP contribution in [0.25, 0.3) is 0 Å². The third-order valence-electron chi connectivity index (χ3n) is 3.77. The molecular weight excluding hydrogens is 212 g/mol. The lowest BCUT2D eigenvalue weighted by atomic mass is 9.88. The van der Waals surface area contributed by atoms with Gasteiger partial charge < -0.3 is 5.11 Å². The number of hydrogen-bond donors (Lipinski definition) is 1. The third-order valence-corrected chi connectivity index (χ3v) is 3.77. The van der Waals surface area contributed by atoms with E-state index in [1.54, 1.807) is 0 Å². The zero-order valence-electron chi connectivity index (χ0n) is 10.1. The number of carboxylic acids is 1. The summed E-state index contributed by atoms with van der Waals surface area (Å²) in [5.41, 5.74) is 1.14. The summed E-state index contributed by atoms with van der Waals surface area (Å²) in [7, 11) is 0. The first-order valence-corrected chi connectivity index (χ1v) is 6.52. The van der Waals surface area contributed by atoms with Crippen molar-refractivity contribution in [1.82, 2.24) is 0 Å². The van der Waals surface area contributed by atoms with Gasteiger partial charge in [-0.25, -0.2) is 0 Å². The molecule has 2 heteroatoms. The van der Waals surface area contributed by atoms with Crippen molar-refractivity contribution in [2.24, 2.45) is 11.8 Å². The molecule has 2 rings (SSSR count). The van der Waals surface area contributed by atoms with Crippen LogP contribution in [0.1, 0.15) is 37.7 Å². The lowest BCUT2D eigenvalue weighted by Gasteiger charge is -2.16. The first-order chi connectivity index (χ1) is 8.25. The van der Waals surface area contributed by atoms with Crippen molar-refractivity contribution < 1.29 is 9.90 Å². The Morgan fingerprint density at radius 2 is 1.88 bits per heavy atom. The molecule has 1 atom stereocenters. The van der Waals surface area contributed by atoms with Crippen molar-refractivity contribution in [3.63, 3.8) is 0 Å². The van der Waals surface area contributed by atoms with Crippen LogP contribution in [0.4, 0.5) is 0 Å². The molecule has 0 bridgehead atoms. The maximum Gasteiger partial charge on any atom is 0.306 e. The van der Waals surface area contributed by atoms with Gasteiger partial charge in [0.05, 0.1) is 5.92 Å². The smallest absolute Gasteiger partial charge is 0.306 e. The lowest BCUT2D eigenvalue weighted by Crippen LogP contribution is -2.19. The van der Waals surface area contributed by atoms with Crippen LogP contribution in [-0.4, -0.2) is 11.1 Å². The average Bonchev–Trinajstić information content (AvgIpc) is 2.82. The third kappa shape index (κ3) is 3.58. The average molecular weight is 232 g/mol. The zero-order chi connectivity index (χ0) is 12.1. The normalized spacial score (nSPS) is 18.1. The molecule has 1 unspecified atom stereocenters. The van der Waals surface area contributed by atoms with E-state index in [1.807, 2.05) is 30.3 Å². The molecule has 1 N–H and O–H groups in total. The second-order valence-corrected chi connectivity index (χ2v) is 5.11. The van der Waals surface area contributed by atoms with Crippen molar-refractivity contribution >= 4 is 5.97 Å². The largest absolute Gasteiger partial charge is 0.481 e. The van der Waals surface area contributed by atoms with Crippen LogP contribution >= 0.6 is 0 Å². The molecule has 1 aliphatic rings. The van der Waals surface area contributed by atoms with Gasteiger partial charge in [-0.1, -0.05) is 56.0 Å². The number of carbonyl (C=O) groups is 1. The van der Waals surface area contributed by atoms with Crippen molar-refractivity contribution in [1.29, 1.82) is 0 Å². The van der Waals surface area contributed by atoms with Crippen molar-refractivity contribution in [2.45, 2.75) is 38.5 Å². The first kappa shape index (κ1) is 12.2. The van der Waals surface area contributed by atoms with E-state index in [1.165, 1.54) is 25.7 Å². The van der Waals surface area contributed by atoms with E-state index >= 15 is 0 Å². The molecule has 0 aliphatic heterocycles. The van der Waals surface area contributed by atoms with Gasteiger partial charge in [0.15, 0.2) is 0 Å². The minimum Gasteiger partial charge on any atom is -0.481 e. The molecule has 0 spiro atoms. The zero-order valence-corrected chi connectivity index (χ0v) is 10.1. The maximum absolute atomic E-state index is 11.3. The Morgan fingerprint density at radius 3 is 2.47 bits per heavy atom. The summed E-state index contributed by atoms with van der Waals surface area (Å²) in [6, 6.07) is 9.96. The van der Waals surface area contributed by atoms with Crippen LogP contribution in [0.3, 0.4) is 0 Å². The summed E-state index contributed by atoms with van der Waals surface area (Å²) in [6.07, 6.45) is 6.53. The highest BCUT2D eigenvalue weighted by Crippen LogP contribution is 2.31. The molecule has 1 aromatic carbocycles. The standard InChI is InChI=1S/C15H20O2/c16-15(17)14(11-13-8-4-5-9-13)10-12-6-2-1-3-7-12/h1-3,6-7,13-14H,4-5,8-11H2,(H,16,17). The van der Waals surface area contributed by atoms with E-state index in [9.17, 15) is 9.90 Å². The molecule has 0 saturated heterocycles. The van der Waals surface area contributed by atoms with Gasteiger partial charge in [-0.15, -0.1) is 0 Å². The topological polar surface area (TPSA) is 37.3 Å². The van der Waals surface area contributed by atoms with Crippen LogP contribution < -0.4 is 0 Å². The summed E-state index contributed by atoms with van der Waals surface area (Å²) in [6.45, 7) is 0. The van der Waals surface area contributed by atoms with Crippen LogP contribution in [0.15, 0.2) is 30.3 Å². The van der Waals surface area contributed by atoms with Crippen LogP contribution in [0.2, 0.25) is 0 Å². The minimum absolute atomic E-state index is 0.208. The highest BCUT2D eigenvalue weighted by atomic mass is 16.4. The fourth-order valence-electron chi connectivity index (χ4n) is 2.82. The molecule has 1 aromatic rings. The van der Waals surface area contributed by atoms with Crippen LogP contribution in [-0.2, 0) is 11.2 Å². The highest BCUT2D eigenvalue weighted by Gasteiger charge is 2.24. The predicted molar refractivity (Wildman–Crippen MR) is 67.8 cm³/mol. The van der Waals surface area contributed by atoms with Gasteiger partial charge in [0.2, 0.25) is 0 Å². The fraction of sp³-hybridized carbons (Fsp3) is 0.533. The second kappa shape index (κ2) is 5.85. The van der Waals surface area contributed by atoms with Crippen LogP contribution in [0.5, 0.6) is 0 Å². The Bertz CT molecular complexity index is 352. The summed E-state index contributed by atoms with van der Waals surface area (Å²) in [4.78, 5) is 11.3. The molecule has 1 fully saturated rings. The Kier molecular flexibility index (Phi) is 4.18. The van der Waals surface area contributed by atoms with E-state index in [-0.39, 0.29) is 5.92 Å². The van der Waals surface area contributed by atoms with Crippen LogP contribution in [0, 0.1) is 11.8 Å². The maximum atomic E-state index is 11.3. The molecule has 0 heterocycles. The summed E-state index contributed by atoms with van der Waals surface area (Å²) < 4.78 is 0. The number of hydrogen-bond acceptors (Lipinski definition) is 1. The van der Waals surface area contributed by atoms with Gasteiger partial charge in [-0.05, 0) is 24.3 Å². The van der Waals surface area contributed by atoms with E-state index in [4.69, 9.17) is 0 Å². The Labute approximate surface area is 103 Å². The van der Waals surface area contributed by atoms with E-state index in [0.717, 1.165) is 12.0 Å². The molecule has 2 nitrogen and oxygen atoms in total. The van der Waals surface area contributed by atoms with Crippen molar-refractivity contribution in [3.05, 3.63) is 35.9 Å². The van der Waals surface area contributed by atoms with E-state index < -0.39 is 5.97 Å². The molecule has 1 saturated carbocycles. The van der Waals surface area contributed by atoms with Gasteiger partial charge in [-0.2, -0.15) is 0 Å². The molecule has 0 amide bonds. The predicted octanol–water partition coefficient (Wildman–Crippen LogP) is 3.51. The monoisotopic (exact) mass is 232 g/mol. The summed E-state index contributed by atoms with van der Waals surface area (Å²) in [5, 5.41) is 9.29. The highest BCUT2D eigenvalue weighted by molar-refractivity contribution is 5.70. The van der Waals surface area contributed by atoms with Gasteiger partial charge in [0, 0.05) is 0 Å². The number of aliphatic carboxylic acids is 1. The van der Waals surface area contributed by atoms with E-state index in [0.29, 0.717) is 12.3 Å². The summed E-state index contributed by atoms with van der Waals surface area (Å²) >= 11 is 0. The lowest BCUT2D eigenvalue weighted by molar-refractivity contribution is -0.142. The molecule has 1 aliphatic carbocycles. The second-order valence-electron chi connectivity index (χ2n) is 5.11. The fourth-order valence-corrected chi connectivity index (χ4v) is 2.82.